The first-order valence-electron chi connectivity index (χ1n) is 11.3. The maximum atomic E-state index is 13.5. The maximum absolute atomic E-state index is 13.5. The van der Waals surface area contributed by atoms with Gasteiger partial charge in [0, 0.05) is 31.2 Å². The van der Waals surface area contributed by atoms with Gasteiger partial charge in [-0.3, -0.25) is 9.59 Å². The highest BCUT2D eigenvalue weighted by atomic mass is 35.5. The molecule has 0 radical (unpaired) electrons. The Balaban J connectivity index is 1.23. The van der Waals surface area contributed by atoms with Crippen LogP contribution in [0, 0.1) is 0 Å². The summed E-state index contributed by atoms with van der Waals surface area (Å²) < 4.78 is 1.82. The van der Waals surface area contributed by atoms with Crippen molar-refractivity contribution in [2.24, 2.45) is 0 Å². The van der Waals surface area contributed by atoms with Crippen molar-refractivity contribution < 1.29 is 9.59 Å². The van der Waals surface area contributed by atoms with Gasteiger partial charge < -0.3 is 9.80 Å². The molecule has 3 fully saturated rings. The highest BCUT2D eigenvalue weighted by Gasteiger charge is 2.48. The van der Waals surface area contributed by atoms with Crippen molar-refractivity contribution in [3.8, 4) is 0 Å². The van der Waals surface area contributed by atoms with Crippen LogP contribution in [0.25, 0.3) is 0 Å². The van der Waals surface area contributed by atoms with Crippen LogP contribution >= 0.6 is 11.6 Å². The van der Waals surface area contributed by atoms with Crippen LogP contribution in [-0.2, 0) is 10.2 Å². The fourth-order valence-corrected chi connectivity index (χ4v) is 5.32. The number of aromatic nitrogens is 3. The van der Waals surface area contributed by atoms with Crippen LogP contribution < -0.4 is 0 Å². The zero-order valence-electron chi connectivity index (χ0n) is 17.7. The van der Waals surface area contributed by atoms with Gasteiger partial charge >= 0.3 is 0 Å². The summed E-state index contributed by atoms with van der Waals surface area (Å²) in [5.74, 6) is 0.217. The van der Waals surface area contributed by atoms with E-state index in [1.54, 1.807) is 6.20 Å². The minimum absolute atomic E-state index is 0.0220. The lowest BCUT2D eigenvalue weighted by Crippen LogP contribution is -2.53. The molecule has 2 saturated heterocycles. The van der Waals surface area contributed by atoms with Gasteiger partial charge in [-0.25, -0.2) is 4.68 Å². The van der Waals surface area contributed by atoms with Gasteiger partial charge in [-0.2, -0.15) is 0 Å². The van der Waals surface area contributed by atoms with Gasteiger partial charge in [-0.15, -0.1) is 5.10 Å². The Labute approximate surface area is 187 Å². The van der Waals surface area contributed by atoms with E-state index in [9.17, 15) is 9.59 Å². The first-order valence-corrected chi connectivity index (χ1v) is 11.7. The summed E-state index contributed by atoms with van der Waals surface area (Å²) in [6, 6.07) is 7.93. The second kappa shape index (κ2) is 8.26. The number of carbonyl (C=O) groups is 2. The zero-order valence-corrected chi connectivity index (χ0v) is 18.4. The van der Waals surface area contributed by atoms with Crippen LogP contribution in [0.15, 0.2) is 30.5 Å². The Morgan fingerprint density at radius 2 is 1.61 bits per heavy atom. The van der Waals surface area contributed by atoms with Crippen LogP contribution in [-0.4, -0.2) is 62.8 Å². The van der Waals surface area contributed by atoms with Crippen molar-refractivity contribution in [3.05, 3.63) is 46.7 Å². The second-order valence-corrected chi connectivity index (χ2v) is 9.49. The molecule has 2 aliphatic heterocycles. The smallest absolute Gasteiger partial charge is 0.276 e. The molecule has 2 aromatic rings. The highest BCUT2D eigenvalue weighted by Crippen LogP contribution is 2.46. The molecule has 0 bridgehead atoms. The largest absolute Gasteiger partial charge is 0.342 e. The fourth-order valence-electron chi connectivity index (χ4n) is 5.20. The maximum Gasteiger partial charge on any atom is 0.276 e. The number of carbonyl (C=O) groups excluding carboxylic acids is 2. The number of halogens is 1. The highest BCUT2D eigenvalue weighted by molar-refractivity contribution is 6.30. The summed E-state index contributed by atoms with van der Waals surface area (Å²) in [4.78, 5) is 29.9. The molecule has 31 heavy (non-hydrogen) atoms. The van der Waals surface area contributed by atoms with Crippen molar-refractivity contribution in [2.45, 2.75) is 56.4 Å². The van der Waals surface area contributed by atoms with Crippen LogP contribution in [0.1, 0.15) is 67.0 Å². The molecule has 164 valence electrons. The minimum Gasteiger partial charge on any atom is -0.342 e. The van der Waals surface area contributed by atoms with Crippen molar-refractivity contribution in [1.29, 1.82) is 0 Å². The van der Waals surface area contributed by atoms with E-state index < -0.39 is 0 Å². The normalized spacial score (nSPS) is 21.2. The molecule has 5 rings (SSSR count). The Morgan fingerprint density at radius 1 is 0.935 bits per heavy atom. The van der Waals surface area contributed by atoms with Gasteiger partial charge in [0.15, 0.2) is 5.69 Å². The van der Waals surface area contributed by atoms with E-state index in [0.717, 1.165) is 63.6 Å². The molecule has 8 heteroatoms. The lowest BCUT2D eigenvalue weighted by atomic mass is 9.63. The summed E-state index contributed by atoms with van der Waals surface area (Å²) in [6.45, 7) is 3.02. The summed E-state index contributed by atoms with van der Waals surface area (Å²) in [6.07, 6.45) is 8.43. The number of amides is 2. The molecule has 7 nitrogen and oxygen atoms in total. The second-order valence-electron chi connectivity index (χ2n) is 9.05. The Kier molecular flexibility index (Phi) is 5.46. The van der Waals surface area contributed by atoms with Gasteiger partial charge in [0.25, 0.3) is 5.91 Å². The molecule has 2 amide bonds. The standard InChI is InChI=1S/C23H28ClN5O2/c24-18-6-4-17(5-7-18)23(10-3-11-23)22(31)28-14-8-19(9-15-28)29-16-20(25-26-29)21(30)27-12-1-2-13-27/h4-7,16,19H,1-3,8-15H2. The van der Waals surface area contributed by atoms with E-state index in [1.807, 2.05) is 38.7 Å². The molecule has 1 aromatic heterocycles. The lowest BCUT2D eigenvalue weighted by Gasteiger charge is -2.45. The molecule has 1 aromatic carbocycles. The summed E-state index contributed by atoms with van der Waals surface area (Å²) in [7, 11) is 0. The van der Waals surface area contributed by atoms with Crippen molar-refractivity contribution in [1.82, 2.24) is 24.8 Å². The summed E-state index contributed by atoms with van der Waals surface area (Å²) >= 11 is 6.05. The molecular weight excluding hydrogens is 414 g/mol. The summed E-state index contributed by atoms with van der Waals surface area (Å²) in [5, 5.41) is 9.06. The van der Waals surface area contributed by atoms with Crippen molar-refractivity contribution in [2.75, 3.05) is 26.2 Å². The van der Waals surface area contributed by atoms with Gasteiger partial charge in [-0.05, 0) is 56.2 Å². The number of benzene rings is 1. The predicted octanol–water partition coefficient (Wildman–Crippen LogP) is 3.45. The lowest BCUT2D eigenvalue weighted by molar-refractivity contribution is -0.142. The van der Waals surface area contributed by atoms with E-state index in [4.69, 9.17) is 11.6 Å². The fraction of sp³-hybridized carbons (Fsp3) is 0.565. The molecule has 3 aliphatic rings. The van der Waals surface area contributed by atoms with Crippen LogP contribution in [0.4, 0.5) is 0 Å². The average Bonchev–Trinajstić information content (AvgIpc) is 3.46. The third-order valence-electron chi connectivity index (χ3n) is 7.26. The Bertz CT molecular complexity index is 955. The number of hydrogen-bond acceptors (Lipinski definition) is 4. The number of nitrogens with zero attached hydrogens (tertiary/aromatic N) is 5. The molecule has 3 heterocycles. The van der Waals surface area contributed by atoms with E-state index >= 15 is 0 Å². The predicted molar refractivity (Wildman–Crippen MR) is 117 cm³/mol. The Hall–Kier alpha value is -2.41. The molecular formula is C23H28ClN5O2. The van der Waals surface area contributed by atoms with Gasteiger partial charge in [0.2, 0.25) is 5.91 Å². The molecule has 0 atom stereocenters. The van der Waals surface area contributed by atoms with Crippen molar-refractivity contribution >= 4 is 23.4 Å². The van der Waals surface area contributed by atoms with E-state index in [1.165, 1.54) is 0 Å². The van der Waals surface area contributed by atoms with E-state index in [-0.39, 0.29) is 23.3 Å². The van der Waals surface area contributed by atoms with Crippen LogP contribution in [0.3, 0.4) is 0 Å². The van der Waals surface area contributed by atoms with Crippen LogP contribution in [0.2, 0.25) is 5.02 Å². The third kappa shape index (κ3) is 3.73. The SMILES string of the molecule is O=C(c1cn(C2CCN(C(=O)C3(c4ccc(Cl)cc4)CCC3)CC2)nn1)N1CCCC1. The molecule has 0 spiro atoms. The number of likely N-dealkylation sites (tertiary alicyclic amines) is 2. The van der Waals surface area contributed by atoms with Gasteiger partial charge in [-0.1, -0.05) is 35.4 Å². The number of rotatable bonds is 4. The molecule has 0 N–H and O–H groups in total. The third-order valence-corrected chi connectivity index (χ3v) is 7.51. The molecule has 1 saturated carbocycles. The summed E-state index contributed by atoms with van der Waals surface area (Å²) in [5.41, 5.74) is 1.12. The average molecular weight is 442 g/mol. The minimum atomic E-state index is -0.389. The quantitative estimate of drug-likeness (QED) is 0.728. The van der Waals surface area contributed by atoms with Gasteiger partial charge in [0.05, 0.1) is 17.7 Å². The Morgan fingerprint density at radius 3 is 2.23 bits per heavy atom. The van der Waals surface area contributed by atoms with Crippen LogP contribution in [0.5, 0.6) is 0 Å². The molecule has 1 aliphatic carbocycles. The molecule has 0 unspecified atom stereocenters. The van der Waals surface area contributed by atoms with E-state index in [0.29, 0.717) is 23.8 Å². The van der Waals surface area contributed by atoms with Crippen molar-refractivity contribution in [3.63, 3.8) is 0 Å². The first-order chi connectivity index (χ1) is 15.1. The van der Waals surface area contributed by atoms with E-state index in [2.05, 4.69) is 10.3 Å². The topological polar surface area (TPSA) is 71.3 Å². The van der Waals surface area contributed by atoms with Gasteiger partial charge in [0.1, 0.15) is 0 Å². The number of piperidine rings is 1. The first kappa shape index (κ1) is 20.5. The zero-order chi connectivity index (χ0) is 21.4. The number of hydrogen-bond donors (Lipinski definition) is 0. The monoisotopic (exact) mass is 441 g/mol.